The Kier molecular flexibility index (Phi) is 7.30. The topological polar surface area (TPSA) is 84.8 Å². The molecular weight excluding hydrogens is 483 g/mol. The standard InChI is InChI=1S/C22H15F5N2O4S/c23-18-7-4-8-19(24)17(18)12-21(30)29-28-13-14-11-15(22(25,26)27)9-10-20(14)34(31,32)33-16-5-2-1-3-6-16/h1-11,13H,12H2,(H,29,30). The zero-order valence-electron chi connectivity index (χ0n) is 17.0. The maximum atomic E-state index is 13.7. The Balaban J connectivity index is 1.87. The fourth-order valence-corrected chi connectivity index (χ4v) is 3.87. The third kappa shape index (κ3) is 6.16. The fraction of sp³-hybridized carbons (Fsp3) is 0.0909. The zero-order chi connectivity index (χ0) is 24.9. The van der Waals surface area contributed by atoms with Gasteiger partial charge in [0.2, 0.25) is 5.91 Å². The molecular formula is C22H15F5N2O4S. The quantitative estimate of drug-likeness (QED) is 0.226. The van der Waals surface area contributed by atoms with Crippen molar-refractivity contribution < 1.29 is 39.3 Å². The Morgan fingerprint density at radius 1 is 0.971 bits per heavy atom. The molecule has 1 N–H and O–H groups in total. The van der Waals surface area contributed by atoms with Crippen LogP contribution in [0, 0.1) is 11.6 Å². The number of hydrogen-bond acceptors (Lipinski definition) is 5. The number of carbonyl (C=O) groups excluding carboxylic acids is 1. The van der Waals surface area contributed by atoms with Crippen molar-refractivity contribution in [2.75, 3.05) is 0 Å². The van der Waals surface area contributed by atoms with E-state index in [1.54, 1.807) is 6.07 Å². The highest BCUT2D eigenvalue weighted by atomic mass is 32.2. The van der Waals surface area contributed by atoms with Crippen molar-refractivity contribution in [2.24, 2.45) is 5.10 Å². The van der Waals surface area contributed by atoms with E-state index in [2.05, 4.69) is 5.10 Å². The lowest BCUT2D eigenvalue weighted by atomic mass is 10.1. The first-order valence-electron chi connectivity index (χ1n) is 9.43. The summed E-state index contributed by atoms with van der Waals surface area (Å²) in [6, 6.07) is 12.0. The van der Waals surface area contributed by atoms with Crippen molar-refractivity contribution >= 4 is 22.2 Å². The Labute approximate surface area is 190 Å². The molecule has 0 unspecified atom stereocenters. The number of nitrogens with one attached hydrogen (secondary N) is 1. The van der Waals surface area contributed by atoms with Gasteiger partial charge in [0.1, 0.15) is 22.3 Å². The van der Waals surface area contributed by atoms with Crippen LogP contribution < -0.4 is 9.61 Å². The number of amides is 1. The highest BCUT2D eigenvalue weighted by molar-refractivity contribution is 7.87. The Hall–Kier alpha value is -3.80. The number of rotatable bonds is 7. The number of halogens is 5. The van der Waals surface area contributed by atoms with Crippen LogP contribution >= 0.6 is 0 Å². The summed E-state index contributed by atoms with van der Waals surface area (Å²) in [4.78, 5) is 11.3. The number of carbonyl (C=O) groups is 1. The summed E-state index contributed by atoms with van der Waals surface area (Å²) in [7, 11) is -4.59. The van der Waals surface area contributed by atoms with Gasteiger partial charge in [-0.15, -0.1) is 0 Å². The molecule has 0 atom stereocenters. The van der Waals surface area contributed by atoms with Crippen LogP contribution in [0.5, 0.6) is 5.75 Å². The zero-order valence-corrected chi connectivity index (χ0v) is 17.8. The molecule has 0 radical (unpaired) electrons. The summed E-state index contributed by atoms with van der Waals surface area (Å²) in [5.41, 5.74) is -0.345. The maximum absolute atomic E-state index is 13.7. The van der Waals surface area contributed by atoms with Gasteiger partial charge in [-0.25, -0.2) is 14.2 Å². The van der Waals surface area contributed by atoms with Crippen LogP contribution in [0.15, 0.2) is 76.7 Å². The number of nitrogens with zero attached hydrogens (tertiary/aromatic N) is 1. The molecule has 0 fully saturated rings. The molecule has 3 aromatic rings. The van der Waals surface area contributed by atoms with Gasteiger partial charge in [-0.2, -0.15) is 26.7 Å². The number of para-hydroxylation sites is 1. The molecule has 34 heavy (non-hydrogen) atoms. The summed E-state index contributed by atoms with van der Waals surface area (Å²) in [5, 5.41) is 3.44. The van der Waals surface area contributed by atoms with Crippen LogP contribution in [-0.2, 0) is 27.5 Å². The predicted octanol–water partition coefficient (Wildman–Crippen LogP) is 4.44. The second kappa shape index (κ2) is 10.00. The molecule has 3 aromatic carbocycles. The number of alkyl halides is 3. The van der Waals surface area contributed by atoms with Crippen molar-refractivity contribution in [2.45, 2.75) is 17.5 Å². The van der Waals surface area contributed by atoms with Gasteiger partial charge < -0.3 is 4.18 Å². The molecule has 6 nitrogen and oxygen atoms in total. The summed E-state index contributed by atoms with van der Waals surface area (Å²) >= 11 is 0. The van der Waals surface area contributed by atoms with E-state index < -0.39 is 61.8 Å². The second-order valence-electron chi connectivity index (χ2n) is 6.77. The summed E-state index contributed by atoms with van der Waals surface area (Å²) < 4.78 is 97.0. The maximum Gasteiger partial charge on any atom is 0.416 e. The van der Waals surface area contributed by atoms with Crippen LogP contribution in [0.25, 0.3) is 0 Å². The van der Waals surface area contributed by atoms with Crippen molar-refractivity contribution in [3.63, 3.8) is 0 Å². The smallest absolute Gasteiger partial charge is 0.379 e. The third-order valence-electron chi connectivity index (χ3n) is 4.35. The first-order valence-corrected chi connectivity index (χ1v) is 10.8. The fourth-order valence-electron chi connectivity index (χ4n) is 2.78. The molecule has 0 saturated carbocycles. The Morgan fingerprint density at radius 2 is 1.62 bits per heavy atom. The minimum Gasteiger partial charge on any atom is -0.379 e. The largest absolute Gasteiger partial charge is 0.416 e. The minimum atomic E-state index is -4.79. The van der Waals surface area contributed by atoms with E-state index in [1.165, 1.54) is 24.3 Å². The molecule has 0 aliphatic carbocycles. The molecule has 0 spiro atoms. The third-order valence-corrected chi connectivity index (χ3v) is 5.67. The molecule has 0 aliphatic rings. The molecule has 0 heterocycles. The SMILES string of the molecule is O=C(Cc1c(F)cccc1F)NN=Cc1cc(C(F)(F)F)ccc1S(=O)(=O)Oc1ccccc1. The van der Waals surface area contributed by atoms with Gasteiger partial charge in [0.25, 0.3) is 0 Å². The predicted molar refractivity (Wildman–Crippen MR) is 111 cm³/mol. The van der Waals surface area contributed by atoms with Crippen molar-refractivity contribution in [1.82, 2.24) is 5.43 Å². The van der Waals surface area contributed by atoms with Gasteiger partial charge in [-0.3, -0.25) is 4.79 Å². The Bertz CT molecular complexity index is 1310. The highest BCUT2D eigenvalue weighted by Gasteiger charge is 2.32. The number of hydrazone groups is 1. The average Bonchev–Trinajstić information content (AvgIpc) is 2.76. The Morgan fingerprint density at radius 3 is 2.24 bits per heavy atom. The molecule has 0 saturated heterocycles. The van der Waals surface area contributed by atoms with Crippen LogP contribution in [0.2, 0.25) is 0 Å². The van der Waals surface area contributed by atoms with Gasteiger partial charge in [0.05, 0.1) is 18.2 Å². The van der Waals surface area contributed by atoms with E-state index >= 15 is 0 Å². The van der Waals surface area contributed by atoms with Crippen LogP contribution in [0.3, 0.4) is 0 Å². The van der Waals surface area contributed by atoms with Gasteiger partial charge in [0, 0.05) is 11.1 Å². The molecule has 0 aliphatic heterocycles. The molecule has 0 aromatic heterocycles. The molecule has 3 rings (SSSR count). The lowest BCUT2D eigenvalue weighted by Crippen LogP contribution is -2.21. The van der Waals surface area contributed by atoms with Gasteiger partial charge in [0.15, 0.2) is 0 Å². The molecule has 12 heteroatoms. The van der Waals surface area contributed by atoms with E-state index in [0.717, 1.165) is 18.2 Å². The van der Waals surface area contributed by atoms with Crippen molar-refractivity contribution in [1.29, 1.82) is 0 Å². The van der Waals surface area contributed by atoms with E-state index in [0.29, 0.717) is 24.4 Å². The lowest BCUT2D eigenvalue weighted by Gasteiger charge is -2.12. The van der Waals surface area contributed by atoms with E-state index in [-0.39, 0.29) is 5.75 Å². The lowest BCUT2D eigenvalue weighted by molar-refractivity contribution is -0.137. The van der Waals surface area contributed by atoms with E-state index in [4.69, 9.17) is 4.18 Å². The van der Waals surface area contributed by atoms with Crippen LogP contribution in [0.4, 0.5) is 22.0 Å². The highest BCUT2D eigenvalue weighted by Crippen LogP contribution is 2.32. The monoisotopic (exact) mass is 498 g/mol. The van der Waals surface area contributed by atoms with Gasteiger partial charge in [-0.1, -0.05) is 24.3 Å². The van der Waals surface area contributed by atoms with Crippen LogP contribution in [0.1, 0.15) is 16.7 Å². The van der Waals surface area contributed by atoms with Crippen molar-refractivity contribution in [3.8, 4) is 5.75 Å². The molecule has 0 bridgehead atoms. The van der Waals surface area contributed by atoms with Crippen LogP contribution in [-0.4, -0.2) is 20.5 Å². The van der Waals surface area contributed by atoms with E-state index in [1.807, 2.05) is 5.43 Å². The van der Waals surface area contributed by atoms with Crippen molar-refractivity contribution in [3.05, 3.63) is 95.1 Å². The van der Waals surface area contributed by atoms with Gasteiger partial charge in [-0.05, 0) is 42.5 Å². The van der Waals surface area contributed by atoms with Gasteiger partial charge >= 0.3 is 16.3 Å². The minimum absolute atomic E-state index is 0.0782. The first kappa shape index (κ1) is 24.8. The number of hydrogen-bond donors (Lipinski definition) is 1. The van der Waals surface area contributed by atoms with E-state index in [9.17, 15) is 35.2 Å². The molecule has 1 amide bonds. The number of benzene rings is 3. The average molecular weight is 498 g/mol. The summed E-state index contributed by atoms with van der Waals surface area (Å²) in [5.74, 6) is -3.01. The summed E-state index contributed by atoms with van der Waals surface area (Å²) in [6.07, 6.45) is -4.89. The first-order chi connectivity index (χ1) is 16.0. The summed E-state index contributed by atoms with van der Waals surface area (Å²) in [6.45, 7) is 0. The molecule has 178 valence electrons. The second-order valence-corrected chi connectivity index (χ2v) is 8.29. The normalized spacial score (nSPS) is 12.0.